The van der Waals surface area contributed by atoms with Gasteiger partial charge in [-0.15, -0.1) is 0 Å². The number of hydrogen-bond acceptors (Lipinski definition) is 5. The molecule has 0 aliphatic heterocycles. The number of carboxylic acid groups (broad SMARTS) is 1. The van der Waals surface area contributed by atoms with E-state index in [0.717, 1.165) is 12.3 Å². The van der Waals surface area contributed by atoms with E-state index in [9.17, 15) is 13.2 Å². The standard InChI is InChI=1S/C11H10N2O5S/c14-11(15)9-1-2-10(12-6-9)19(16,17)13-5-8-3-4-18-7-8/h1-4,6-7,13H,5H2,(H,14,15). The molecule has 0 radical (unpaired) electrons. The summed E-state index contributed by atoms with van der Waals surface area (Å²) >= 11 is 0. The Morgan fingerprint density at radius 3 is 2.68 bits per heavy atom. The van der Waals surface area contributed by atoms with Crippen LogP contribution in [0.2, 0.25) is 0 Å². The van der Waals surface area contributed by atoms with Crippen LogP contribution in [0.3, 0.4) is 0 Å². The normalized spacial score (nSPS) is 11.4. The average molecular weight is 282 g/mol. The van der Waals surface area contributed by atoms with Gasteiger partial charge in [0.15, 0.2) is 5.03 Å². The van der Waals surface area contributed by atoms with Crippen molar-refractivity contribution in [2.24, 2.45) is 0 Å². The smallest absolute Gasteiger partial charge is 0.337 e. The molecule has 2 aromatic heterocycles. The summed E-state index contributed by atoms with van der Waals surface area (Å²) in [6.45, 7) is 0.0706. The van der Waals surface area contributed by atoms with Crippen molar-refractivity contribution in [1.29, 1.82) is 0 Å². The van der Waals surface area contributed by atoms with Gasteiger partial charge in [0.1, 0.15) is 0 Å². The molecule has 2 N–H and O–H groups in total. The van der Waals surface area contributed by atoms with E-state index in [-0.39, 0.29) is 17.1 Å². The van der Waals surface area contributed by atoms with Crippen LogP contribution in [0, 0.1) is 0 Å². The summed E-state index contributed by atoms with van der Waals surface area (Å²) in [7, 11) is -3.77. The number of sulfonamides is 1. The molecule has 2 heterocycles. The fourth-order valence-corrected chi connectivity index (χ4v) is 2.25. The highest BCUT2D eigenvalue weighted by atomic mass is 32.2. The van der Waals surface area contributed by atoms with Gasteiger partial charge in [0.05, 0.1) is 18.1 Å². The quantitative estimate of drug-likeness (QED) is 0.841. The molecule has 0 unspecified atom stereocenters. The Balaban J connectivity index is 2.13. The molecule has 19 heavy (non-hydrogen) atoms. The van der Waals surface area contributed by atoms with Gasteiger partial charge in [0.25, 0.3) is 10.0 Å². The molecule has 0 fully saturated rings. The first kappa shape index (κ1) is 13.2. The molecule has 0 amide bonds. The van der Waals surface area contributed by atoms with E-state index in [4.69, 9.17) is 9.52 Å². The third-order valence-electron chi connectivity index (χ3n) is 2.31. The van der Waals surface area contributed by atoms with Gasteiger partial charge in [0.2, 0.25) is 0 Å². The van der Waals surface area contributed by atoms with Crippen LogP contribution in [0.1, 0.15) is 15.9 Å². The van der Waals surface area contributed by atoms with Crippen molar-refractivity contribution in [3.05, 3.63) is 48.0 Å². The molecule has 0 aliphatic carbocycles. The molecule has 0 saturated heterocycles. The molecular formula is C11H10N2O5S. The van der Waals surface area contributed by atoms with Crippen LogP contribution in [0.5, 0.6) is 0 Å². The second kappa shape index (κ2) is 5.21. The van der Waals surface area contributed by atoms with Crippen molar-refractivity contribution < 1.29 is 22.7 Å². The average Bonchev–Trinajstić information content (AvgIpc) is 2.90. The fourth-order valence-electron chi connectivity index (χ4n) is 1.31. The van der Waals surface area contributed by atoms with Gasteiger partial charge < -0.3 is 9.52 Å². The predicted octanol–water partition coefficient (Wildman–Crippen LogP) is 0.851. The van der Waals surface area contributed by atoms with Gasteiger partial charge in [-0.25, -0.2) is 22.9 Å². The minimum atomic E-state index is -3.77. The number of nitrogens with one attached hydrogen (secondary N) is 1. The molecule has 0 bridgehead atoms. The minimum Gasteiger partial charge on any atom is -0.478 e. The Bertz CT molecular complexity index is 662. The zero-order valence-corrected chi connectivity index (χ0v) is 10.4. The molecule has 8 heteroatoms. The summed E-state index contributed by atoms with van der Waals surface area (Å²) in [5, 5.41) is 8.46. The van der Waals surface area contributed by atoms with Crippen LogP contribution in [-0.2, 0) is 16.6 Å². The van der Waals surface area contributed by atoms with Crippen LogP contribution in [0.15, 0.2) is 46.4 Å². The molecule has 0 aromatic carbocycles. The first-order valence-corrected chi connectivity index (χ1v) is 6.67. The predicted molar refractivity (Wildman–Crippen MR) is 63.9 cm³/mol. The van der Waals surface area contributed by atoms with Crippen molar-refractivity contribution in [3.8, 4) is 0 Å². The van der Waals surface area contributed by atoms with Gasteiger partial charge in [-0.05, 0) is 18.2 Å². The molecule has 0 aliphatic rings. The van der Waals surface area contributed by atoms with E-state index in [1.165, 1.54) is 18.6 Å². The van der Waals surface area contributed by atoms with Gasteiger partial charge in [0, 0.05) is 18.3 Å². The molecule has 0 atom stereocenters. The highest BCUT2D eigenvalue weighted by Gasteiger charge is 2.16. The highest BCUT2D eigenvalue weighted by molar-refractivity contribution is 7.89. The fraction of sp³-hybridized carbons (Fsp3) is 0.0909. The summed E-state index contributed by atoms with van der Waals surface area (Å²) in [5.74, 6) is -1.16. The highest BCUT2D eigenvalue weighted by Crippen LogP contribution is 2.08. The lowest BCUT2D eigenvalue weighted by Gasteiger charge is -2.04. The lowest BCUT2D eigenvalue weighted by Crippen LogP contribution is -2.24. The maximum absolute atomic E-state index is 11.9. The van der Waals surface area contributed by atoms with E-state index < -0.39 is 16.0 Å². The number of carboxylic acids is 1. The third kappa shape index (κ3) is 3.18. The van der Waals surface area contributed by atoms with Crippen molar-refractivity contribution in [3.63, 3.8) is 0 Å². The van der Waals surface area contributed by atoms with Gasteiger partial charge in [-0.1, -0.05) is 0 Å². The topological polar surface area (TPSA) is 110 Å². The molecule has 7 nitrogen and oxygen atoms in total. The van der Waals surface area contributed by atoms with Crippen molar-refractivity contribution in [2.75, 3.05) is 0 Å². The Labute approximate surface area is 108 Å². The maximum atomic E-state index is 11.9. The number of aromatic nitrogens is 1. The largest absolute Gasteiger partial charge is 0.478 e. The van der Waals surface area contributed by atoms with Crippen LogP contribution in [0.4, 0.5) is 0 Å². The number of aromatic carboxylic acids is 1. The summed E-state index contributed by atoms with van der Waals surface area (Å²) in [6, 6.07) is 3.95. The zero-order valence-electron chi connectivity index (χ0n) is 9.61. The molecule has 0 saturated carbocycles. The number of pyridine rings is 1. The van der Waals surface area contributed by atoms with E-state index >= 15 is 0 Å². The first-order chi connectivity index (χ1) is 8.99. The van der Waals surface area contributed by atoms with Crippen LogP contribution < -0.4 is 4.72 Å². The Kier molecular flexibility index (Phi) is 3.63. The van der Waals surface area contributed by atoms with E-state index in [0.29, 0.717) is 5.56 Å². The Morgan fingerprint density at radius 2 is 2.16 bits per heavy atom. The van der Waals surface area contributed by atoms with Gasteiger partial charge in [-0.2, -0.15) is 0 Å². The number of furan rings is 1. The molecule has 2 aromatic rings. The SMILES string of the molecule is O=C(O)c1ccc(S(=O)(=O)NCc2ccoc2)nc1. The number of hydrogen-bond donors (Lipinski definition) is 2. The zero-order chi connectivity index (χ0) is 13.9. The van der Waals surface area contributed by atoms with E-state index in [2.05, 4.69) is 9.71 Å². The number of carbonyl (C=O) groups is 1. The second-order valence-electron chi connectivity index (χ2n) is 3.65. The minimum absolute atomic E-state index is 0.0706. The molecule has 100 valence electrons. The summed E-state index contributed by atoms with van der Waals surface area (Å²) in [5.41, 5.74) is 0.597. The lowest BCUT2D eigenvalue weighted by atomic mass is 10.3. The monoisotopic (exact) mass is 282 g/mol. The molecular weight excluding hydrogens is 272 g/mol. The first-order valence-electron chi connectivity index (χ1n) is 5.19. The second-order valence-corrected chi connectivity index (χ2v) is 5.36. The summed E-state index contributed by atoms with van der Waals surface area (Å²) in [6.07, 6.45) is 3.85. The number of nitrogens with zero attached hydrogens (tertiary/aromatic N) is 1. The van der Waals surface area contributed by atoms with E-state index in [1.807, 2.05) is 0 Å². The van der Waals surface area contributed by atoms with E-state index in [1.54, 1.807) is 6.07 Å². The maximum Gasteiger partial charge on any atom is 0.337 e. The van der Waals surface area contributed by atoms with Crippen LogP contribution >= 0.6 is 0 Å². The Morgan fingerprint density at radius 1 is 1.37 bits per heavy atom. The van der Waals surface area contributed by atoms with Crippen LogP contribution in [-0.4, -0.2) is 24.5 Å². The van der Waals surface area contributed by atoms with Gasteiger partial charge in [-0.3, -0.25) is 0 Å². The van der Waals surface area contributed by atoms with Crippen molar-refractivity contribution in [1.82, 2.24) is 9.71 Å². The molecule has 2 rings (SSSR count). The lowest BCUT2D eigenvalue weighted by molar-refractivity contribution is 0.0696. The number of rotatable bonds is 5. The summed E-state index contributed by atoms with van der Waals surface area (Å²) < 4.78 is 30.9. The van der Waals surface area contributed by atoms with Crippen LogP contribution in [0.25, 0.3) is 0 Å². The van der Waals surface area contributed by atoms with Gasteiger partial charge >= 0.3 is 5.97 Å². The Hall–Kier alpha value is -2.19. The van der Waals surface area contributed by atoms with Crippen molar-refractivity contribution in [2.45, 2.75) is 11.6 Å². The van der Waals surface area contributed by atoms with Crippen molar-refractivity contribution >= 4 is 16.0 Å². The summed E-state index contributed by atoms with van der Waals surface area (Å²) in [4.78, 5) is 14.2. The molecule has 0 spiro atoms. The third-order valence-corrected chi connectivity index (χ3v) is 3.62.